The summed E-state index contributed by atoms with van der Waals surface area (Å²) in [6.45, 7) is 7.08. The molecule has 1 amide bonds. The van der Waals surface area contributed by atoms with Crippen molar-refractivity contribution in [3.63, 3.8) is 0 Å². The number of benzene rings is 1. The molecule has 1 aromatic carbocycles. The number of likely N-dealkylation sites (tertiary alicyclic amines) is 1. The summed E-state index contributed by atoms with van der Waals surface area (Å²) in [5.41, 5.74) is 2.66. The standard InChI is InChI=1S/C20H27N3O3/c1-13-6-7-16-15(11-13)18(19(21-16)20(25)26-3)22-17(24)8-10-23-9-4-5-14(2)12-23/h6-7,11,14,21H,4-5,8-10,12H2,1-3H3,(H,22,24). The number of amides is 1. The highest BCUT2D eigenvalue weighted by molar-refractivity contribution is 6.11. The van der Waals surface area contributed by atoms with Gasteiger partial charge in [-0.05, 0) is 44.4 Å². The second-order valence-corrected chi connectivity index (χ2v) is 7.26. The summed E-state index contributed by atoms with van der Waals surface area (Å²) in [5, 5.41) is 3.75. The van der Waals surface area contributed by atoms with E-state index in [0.29, 0.717) is 18.0 Å². The largest absolute Gasteiger partial charge is 0.464 e. The minimum atomic E-state index is -0.487. The third-order valence-corrected chi connectivity index (χ3v) is 5.00. The van der Waals surface area contributed by atoms with E-state index >= 15 is 0 Å². The summed E-state index contributed by atoms with van der Waals surface area (Å²) in [7, 11) is 1.34. The molecule has 1 aliphatic heterocycles. The molecule has 1 saturated heterocycles. The fourth-order valence-electron chi connectivity index (χ4n) is 3.64. The number of piperidine rings is 1. The summed E-state index contributed by atoms with van der Waals surface area (Å²) >= 11 is 0. The number of nitrogens with zero attached hydrogens (tertiary/aromatic N) is 1. The van der Waals surface area contributed by atoms with Gasteiger partial charge in [-0.25, -0.2) is 4.79 Å². The van der Waals surface area contributed by atoms with Gasteiger partial charge < -0.3 is 19.9 Å². The fourth-order valence-corrected chi connectivity index (χ4v) is 3.64. The molecule has 2 heterocycles. The Balaban J connectivity index is 1.75. The number of aromatic nitrogens is 1. The van der Waals surface area contributed by atoms with E-state index in [0.717, 1.165) is 36.1 Å². The van der Waals surface area contributed by atoms with Crippen molar-refractivity contribution in [3.8, 4) is 0 Å². The van der Waals surface area contributed by atoms with Crippen molar-refractivity contribution >= 4 is 28.5 Å². The van der Waals surface area contributed by atoms with Crippen LogP contribution in [0.4, 0.5) is 5.69 Å². The summed E-state index contributed by atoms with van der Waals surface area (Å²) in [6.07, 6.45) is 2.86. The van der Waals surface area contributed by atoms with E-state index in [1.165, 1.54) is 20.0 Å². The van der Waals surface area contributed by atoms with Gasteiger partial charge in [-0.2, -0.15) is 0 Å². The molecule has 26 heavy (non-hydrogen) atoms. The van der Waals surface area contributed by atoms with Crippen LogP contribution in [0.2, 0.25) is 0 Å². The molecule has 6 nitrogen and oxygen atoms in total. The van der Waals surface area contributed by atoms with Crippen LogP contribution >= 0.6 is 0 Å². The van der Waals surface area contributed by atoms with Crippen molar-refractivity contribution in [1.82, 2.24) is 9.88 Å². The zero-order chi connectivity index (χ0) is 18.7. The first-order valence-corrected chi connectivity index (χ1v) is 9.20. The Morgan fingerprint density at radius 3 is 2.92 bits per heavy atom. The van der Waals surface area contributed by atoms with Gasteiger partial charge in [0, 0.05) is 30.4 Å². The van der Waals surface area contributed by atoms with E-state index in [1.807, 2.05) is 25.1 Å². The lowest BCUT2D eigenvalue weighted by molar-refractivity contribution is -0.116. The van der Waals surface area contributed by atoms with Crippen molar-refractivity contribution < 1.29 is 14.3 Å². The molecule has 2 N–H and O–H groups in total. The molecular formula is C20H27N3O3. The number of hydrogen-bond donors (Lipinski definition) is 2. The van der Waals surface area contributed by atoms with Gasteiger partial charge in [-0.3, -0.25) is 4.79 Å². The number of esters is 1. The van der Waals surface area contributed by atoms with E-state index in [1.54, 1.807) is 0 Å². The highest BCUT2D eigenvalue weighted by Gasteiger charge is 2.21. The number of rotatable bonds is 5. The minimum absolute atomic E-state index is 0.0872. The van der Waals surface area contributed by atoms with Crippen molar-refractivity contribution in [2.75, 3.05) is 32.1 Å². The normalized spacial score (nSPS) is 18.0. The molecule has 6 heteroatoms. The maximum absolute atomic E-state index is 12.5. The number of aromatic amines is 1. The predicted octanol–water partition coefficient (Wildman–Crippen LogP) is 3.32. The topological polar surface area (TPSA) is 74.4 Å². The van der Waals surface area contributed by atoms with E-state index < -0.39 is 5.97 Å². The Labute approximate surface area is 153 Å². The van der Waals surface area contributed by atoms with Crippen LogP contribution < -0.4 is 5.32 Å². The van der Waals surface area contributed by atoms with Gasteiger partial charge in [0.15, 0.2) is 0 Å². The summed E-state index contributed by atoms with van der Waals surface area (Å²) in [5.74, 6) is 0.115. The summed E-state index contributed by atoms with van der Waals surface area (Å²) < 4.78 is 4.86. The molecule has 1 fully saturated rings. The number of aryl methyl sites for hydroxylation is 1. The number of anilines is 1. The summed E-state index contributed by atoms with van der Waals surface area (Å²) in [4.78, 5) is 30.0. The van der Waals surface area contributed by atoms with E-state index in [-0.39, 0.29) is 11.6 Å². The van der Waals surface area contributed by atoms with E-state index in [9.17, 15) is 9.59 Å². The van der Waals surface area contributed by atoms with Gasteiger partial charge in [-0.15, -0.1) is 0 Å². The first-order chi connectivity index (χ1) is 12.5. The molecule has 0 radical (unpaired) electrons. The van der Waals surface area contributed by atoms with Crippen LogP contribution in [0, 0.1) is 12.8 Å². The number of hydrogen-bond acceptors (Lipinski definition) is 4. The molecule has 2 aromatic rings. The van der Waals surface area contributed by atoms with E-state index in [4.69, 9.17) is 4.74 Å². The lowest BCUT2D eigenvalue weighted by Gasteiger charge is -2.30. The number of ether oxygens (including phenoxy) is 1. The molecule has 0 saturated carbocycles. The monoisotopic (exact) mass is 357 g/mol. The Bertz CT molecular complexity index is 812. The molecule has 140 valence electrons. The number of methoxy groups -OCH3 is 1. The smallest absolute Gasteiger partial charge is 0.356 e. The maximum atomic E-state index is 12.5. The van der Waals surface area contributed by atoms with Crippen LogP contribution in [-0.4, -0.2) is 48.5 Å². The molecule has 1 aromatic heterocycles. The Kier molecular flexibility index (Phi) is 5.61. The van der Waals surface area contributed by atoms with Gasteiger partial charge in [-0.1, -0.05) is 18.6 Å². The number of carbonyl (C=O) groups is 2. The van der Waals surface area contributed by atoms with Crippen LogP contribution in [0.1, 0.15) is 42.2 Å². The second-order valence-electron chi connectivity index (χ2n) is 7.26. The molecule has 0 spiro atoms. The third kappa shape index (κ3) is 4.07. The molecule has 0 aliphatic carbocycles. The van der Waals surface area contributed by atoms with Gasteiger partial charge in [0.1, 0.15) is 5.69 Å². The second kappa shape index (κ2) is 7.91. The Morgan fingerprint density at radius 1 is 1.38 bits per heavy atom. The average Bonchev–Trinajstić information content (AvgIpc) is 2.97. The maximum Gasteiger partial charge on any atom is 0.356 e. The Morgan fingerprint density at radius 2 is 2.19 bits per heavy atom. The van der Waals surface area contributed by atoms with Crippen molar-refractivity contribution in [3.05, 3.63) is 29.5 Å². The fraction of sp³-hybridized carbons (Fsp3) is 0.500. The zero-order valence-corrected chi connectivity index (χ0v) is 15.7. The first-order valence-electron chi connectivity index (χ1n) is 9.20. The molecule has 1 aliphatic rings. The van der Waals surface area contributed by atoms with Gasteiger partial charge in [0.25, 0.3) is 0 Å². The highest BCUT2D eigenvalue weighted by Crippen LogP contribution is 2.29. The van der Waals surface area contributed by atoms with Crippen molar-refractivity contribution in [2.45, 2.75) is 33.1 Å². The number of nitrogens with one attached hydrogen (secondary N) is 2. The van der Waals surface area contributed by atoms with Crippen LogP contribution in [0.5, 0.6) is 0 Å². The van der Waals surface area contributed by atoms with Crippen LogP contribution in [0.25, 0.3) is 10.9 Å². The predicted molar refractivity (Wildman–Crippen MR) is 102 cm³/mol. The molecule has 0 bridgehead atoms. The number of fused-ring (bicyclic) bond motifs is 1. The molecule has 1 unspecified atom stereocenters. The zero-order valence-electron chi connectivity index (χ0n) is 15.7. The first kappa shape index (κ1) is 18.5. The van der Waals surface area contributed by atoms with Crippen LogP contribution in [0.15, 0.2) is 18.2 Å². The number of H-pyrrole nitrogens is 1. The number of carbonyl (C=O) groups excluding carboxylic acids is 2. The van der Waals surface area contributed by atoms with E-state index in [2.05, 4.69) is 22.1 Å². The lowest BCUT2D eigenvalue weighted by atomic mass is 10.0. The quantitative estimate of drug-likeness (QED) is 0.805. The van der Waals surface area contributed by atoms with Gasteiger partial charge in [0.2, 0.25) is 5.91 Å². The lowest BCUT2D eigenvalue weighted by Crippen LogP contribution is -2.36. The van der Waals surface area contributed by atoms with Gasteiger partial charge in [0.05, 0.1) is 12.8 Å². The minimum Gasteiger partial charge on any atom is -0.464 e. The average molecular weight is 357 g/mol. The molecule has 1 atom stereocenters. The van der Waals surface area contributed by atoms with Crippen LogP contribution in [-0.2, 0) is 9.53 Å². The SMILES string of the molecule is COC(=O)c1[nH]c2ccc(C)cc2c1NC(=O)CCN1CCCC(C)C1. The van der Waals surface area contributed by atoms with Crippen LogP contribution in [0.3, 0.4) is 0 Å². The molecular weight excluding hydrogens is 330 g/mol. The van der Waals surface area contributed by atoms with Gasteiger partial charge >= 0.3 is 5.97 Å². The van der Waals surface area contributed by atoms with Crippen molar-refractivity contribution in [1.29, 1.82) is 0 Å². The summed E-state index contributed by atoms with van der Waals surface area (Å²) in [6, 6.07) is 5.82. The Hall–Kier alpha value is -2.34. The highest BCUT2D eigenvalue weighted by atomic mass is 16.5. The molecule has 3 rings (SSSR count). The van der Waals surface area contributed by atoms with Crippen molar-refractivity contribution in [2.24, 2.45) is 5.92 Å². The third-order valence-electron chi connectivity index (χ3n) is 5.00.